The van der Waals surface area contributed by atoms with Crippen LogP contribution < -0.4 is 39.0 Å². The number of carboxylic acid groups (broad SMARTS) is 1. The molecule has 0 unspecified atom stereocenters. The van der Waals surface area contributed by atoms with Crippen LogP contribution in [0.15, 0.2) is 122 Å². The maximum absolute atomic E-state index is 12.7. The van der Waals surface area contributed by atoms with E-state index in [1.165, 1.54) is 7.11 Å². The Bertz CT molecular complexity index is 2450. The van der Waals surface area contributed by atoms with E-state index in [4.69, 9.17) is 19.3 Å². The van der Waals surface area contributed by atoms with E-state index in [2.05, 4.69) is 9.97 Å². The molecule has 11 nitrogen and oxygen atoms in total. The third-order valence-corrected chi connectivity index (χ3v) is 9.56. The Labute approximate surface area is 351 Å². The minimum atomic E-state index is -0.967. The summed E-state index contributed by atoms with van der Waals surface area (Å²) in [6.07, 6.45) is 8.81. The van der Waals surface area contributed by atoms with Gasteiger partial charge in [-0.15, -0.1) is 0 Å². The molecule has 4 aromatic carbocycles. The van der Waals surface area contributed by atoms with Gasteiger partial charge < -0.3 is 24.8 Å². The molecule has 0 fully saturated rings. The van der Waals surface area contributed by atoms with Crippen LogP contribution in [0.25, 0.3) is 22.3 Å². The normalized spacial score (nSPS) is 11.4. The number of nitrogens with zero attached hydrogens (tertiary/aromatic N) is 2. The van der Waals surface area contributed by atoms with Crippen molar-refractivity contribution in [2.75, 3.05) is 7.11 Å². The molecule has 0 saturated heterocycles. The minimum absolute atomic E-state index is 0. The Morgan fingerprint density at radius 2 is 1.09 bits per heavy atom. The Hall–Kier alpha value is -5.98. The molecule has 0 radical (unpaired) electrons. The second kappa shape index (κ2) is 19.2. The monoisotopic (exact) mass is 772 g/mol. The molecular formula is C45H37N2NaO9. The molecule has 6 aromatic rings. The third kappa shape index (κ3) is 9.89. The van der Waals surface area contributed by atoms with E-state index in [1.807, 2.05) is 54.6 Å². The van der Waals surface area contributed by atoms with Crippen LogP contribution in [-0.2, 0) is 30.8 Å². The first-order valence-electron chi connectivity index (χ1n) is 17.7. The van der Waals surface area contributed by atoms with Crippen molar-refractivity contribution in [2.24, 2.45) is 0 Å². The van der Waals surface area contributed by atoms with Gasteiger partial charge in [0, 0.05) is 71.0 Å². The molecule has 0 amide bonds. The number of rotatable bonds is 10. The number of carboxylic acids is 1. The minimum Gasteiger partial charge on any atom is -0.870 e. The van der Waals surface area contributed by atoms with E-state index in [-0.39, 0.29) is 58.1 Å². The van der Waals surface area contributed by atoms with Crippen molar-refractivity contribution in [3.63, 3.8) is 0 Å². The average molecular weight is 773 g/mol. The van der Waals surface area contributed by atoms with E-state index >= 15 is 0 Å². The van der Waals surface area contributed by atoms with E-state index in [9.17, 15) is 19.2 Å². The molecule has 0 atom stereocenters. The Balaban J connectivity index is 0.000000210. The molecule has 282 valence electrons. The standard InChI is InChI=1S/C23H19NO4.C22H17NO4.Na.H2O/c1-27-23(26)17-4-2-3-15(11-17)5-8-21(25)16-6-7-20-19-9-10-24-13-18(19)14-28-22(20)12-16;24-20(7-4-14-2-1-3-16(10-14)22(25)26)15-5-6-19-18-8-9-23-12-17(18)13-27-21(19)11-15;;/h2-4,6-7,9-13H,5,8,14H2,1H3;1-3,5-6,8-12H,4,7,13H2,(H,25,26);;1H2/q;;+1;/p-1. The molecule has 12 heteroatoms. The van der Waals surface area contributed by atoms with Crippen molar-refractivity contribution >= 4 is 23.5 Å². The van der Waals surface area contributed by atoms with Gasteiger partial charge >= 0.3 is 41.5 Å². The molecule has 0 aliphatic carbocycles. The molecule has 2 N–H and O–H groups in total. The zero-order chi connectivity index (χ0) is 38.3. The van der Waals surface area contributed by atoms with E-state index in [1.54, 1.807) is 67.3 Å². The van der Waals surface area contributed by atoms with Crippen LogP contribution >= 0.6 is 0 Å². The maximum Gasteiger partial charge on any atom is 1.00 e. The molecular weight excluding hydrogens is 735 g/mol. The molecule has 2 aromatic heterocycles. The number of esters is 1. The number of hydrogen-bond donors (Lipinski definition) is 1. The number of ether oxygens (including phenoxy) is 3. The summed E-state index contributed by atoms with van der Waals surface area (Å²) in [6, 6.07) is 28.8. The van der Waals surface area contributed by atoms with Crippen molar-refractivity contribution in [1.29, 1.82) is 0 Å². The molecule has 4 heterocycles. The topological polar surface area (TPSA) is 172 Å². The molecule has 57 heavy (non-hydrogen) atoms. The van der Waals surface area contributed by atoms with Gasteiger partial charge in [0.25, 0.3) is 0 Å². The van der Waals surface area contributed by atoms with E-state index < -0.39 is 5.97 Å². The Morgan fingerprint density at radius 1 is 0.614 bits per heavy atom. The summed E-state index contributed by atoms with van der Waals surface area (Å²) in [6.45, 7) is 0.893. The predicted molar refractivity (Wildman–Crippen MR) is 206 cm³/mol. The number of aromatic nitrogens is 2. The van der Waals surface area contributed by atoms with Gasteiger partial charge in [0.1, 0.15) is 24.7 Å². The van der Waals surface area contributed by atoms with Gasteiger partial charge in [-0.2, -0.15) is 0 Å². The maximum atomic E-state index is 12.7. The predicted octanol–water partition coefficient (Wildman–Crippen LogP) is 5.23. The number of benzene rings is 4. The molecule has 0 spiro atoms. The number of carbonyl (C=O) groups excluding carboxylic acids is 3. The summed E-state index contributed by atoms with van der Waals surface area (Å²) in [7, 11) is 1.35. The Morgan fingerprint density at radius 3 is 1.56 bits per heavy atom. The van der Waals surface area contributed by atoms with Crippen LogP contribution in [0.1, 0.15) is 76.5 Å². The van der Waals surface area contributed by atoms with Crippen molar-refractivity contribution < 1.29 is 73.5 Å². The van der Waals surface area contributed by atoms with Gasteiger partial charge in [0.2, 0.25) is 0 Å². The largest absolute Gasteiger partial charge is 1.00 e. The average Bonchev–Trinajstić information content (AvgIpc) is 3.24. The SMILES string of the molecule is COC(=O)c1cccc(CCC(=O)c2ccc3c(c2)OCc2cnccc2-3)c1.O=C(O)c1cccc(CCC(=O)c2ccc3c(c2)OCc2cnccc2-3)c1.[Na+].[OH-]. The van der Waals surface area contributed by atoms with Gasteiger partial charge in [-0.05, 0) is 95.8 Å². The number of Topliss-reactive ketones (excluding diaryl/α,β-unsaturated/α-hetero) is 2. The van der Waals surface area contributed by atoms with Gasteiger partial charge in [0.05, 0.1) is 18.2 Å². The van der Waals surface area contributed by atoms with Crippen LogP contribution in [0.5, 0.6) is 11.5 Å². The number of hydrogen-bond acceptors (Lipinski definition) is 10. The number of carbonyl (C=O) groups is 4. The quantitative estimate of drug-likeness (QED) is 0.110. The molecule has 0 saturated carbocycles. The van der Waals surface area contributed by atoms with Crippen molar-refractivity contribution in [3.8, 4) is 33.8 Å². The van der Waals surface area contributed by atoms with Crippen molar-refractivity contribution in [1.82, 2.24) is 9.97 Å². The van der Waals surface area contributed by atoms with Crippen LogP contribution in [-0.4, -0.2) is 51.2 Å². The number of aryl methyl sites for hydroxylation is 2. The van der Waals surface area contributed by atoms with E-state index in [0.29, 0.717) is 61.3 Å². The summed E-state index contributed by atoms with van der Waals surface area (Å²) in [5, 5.41) is 9.06. The second-order valence-electron chi connectivity index (χ2n) is 13.1. The summed E-state index contributed by atoms with van der Waals surface area (Å²) < 4.78 is 16.3. The second-order valence-corrected chi connectivity index (χ2v) is 13.1. The molecule has 8 rings (SSSR count). The number of pyridine rings is 2. The number of ketones is 2. The zero-order valence-corrected chi connectivity index (χ0v) is 33.4. The summed E-state index contributed by atoms with van der Waals surface area (Å²) in [5.74, 6) is 0.115. The van der Waals surface area contributed by atoms with Crippen LogP contribution in [0.4, 0.5) is 0 Å². The fourth-order valence-electron chi connectivity index (χ4n) is 6.63. The fourth-order valence-corrected chi connectivity index (χ4v) is 6.63. The first-order chi connectivity index (χ1) is 26.8. The first-order valence-corrected chi connectivity index (χ1v) is 17.7. The zero-order valence-electron chi connectivity index (χ0n) is 31.4. The van der Waals surface area contributed by atoms with Crippen LogP contribution in [0.2, 0.25) is 0 Å². The summed E-state index contributed by atoms with van der Waals surface area (Å²) in [5.41, 5.74) is 9.88. The van der Waals surface area contributed by atoms with Crippen LogP contribution in [0.3, 0.4) is 0 Å². The smallest absolute Gasteiger partial charge is 0.870 e. The van der Waals surface area contributed by atoms with Gasteiger partial charge in [0.15, 0.2) is 11.6 Å². The summed E-state index contributed by atoms with van der Waals surface area (Å²) >= 11 is 0. The van der Waals surface area contributed by atoms with Gasteiger partial charge in [-0.1, -0.05) is 36.4 Å². The number of fused-ring (bicyclic) bond motifs is 6. The third-order valence-electron chi connectivity index (χ3n) is 9.56. The molecule has 0 bridgehead atoms. The summed E-state index contributed by atoms with van der Waals surface area (Å²) in [4.78, 5) is 56.2. The van der Waals surface area contributed by atoms with Gasteiger partial charge in [-0.3, -0.25) is 19.6 Å². The van der Waals surface area contributed by atoms with Crippen molar-refractivity contribution in [3.05, 3.63) is 166 Å². The first kappa shape index (κ1) is 42.2. The van der Waals surface area contributed by atoms with Gasteiger partial charge in [-0.25, -0.2) is 9.59 Å². The number of aromatic carboxylic acids is 1. The van der Waals surface area contributed by atoms with Crippen molar-refractivity contribution in [2.45, 2.75) is 38.9 Å². The van der Waals surface area contributed by atoms with E-state index in [0.717, 1.165) is 50.3 Å². The van der Waals surface area contributed by atoms with Crippen LogP contribution in [0, 0.1) is 0 Å². The molecule has 2 aliphatic rings. The Kier molecular flexibility index (Phi) is 14.2. The fraction of sp³-hybridized carbons (Fsp3) is 0.156. The molecule has 2 aliphatic heterocycles. The number of methoxy groups -OCH3 is 1.